The van der Waals surface area contributed by atoms with Gasteiger partial charge in [-0.25, -0.2) is 0 Å². The Kier molecular flexibility index (Phi) is 4.46. The number of para-hydroxylation sites is 1. The molecule has 0 fully saturated rings. The third-order valence-electron chi connectivity index (χ3n) is 3.62. The van der Waals surface area contributed by atoms with Crippen molar-refractivity contribution in [2.24, 2.45) is 0 Å². The highest BCUT2D eigenvalue weighted by Gasteiger charge is 2.18. The van der Waals surface area contributed by atoms with Crippen molar-refractivity contribution in [2.75, 3.05) is 5.32 Å². The van der Waals surface area contributed by atoms with E-state index in [1.165, 1.54) is 0 Å². The van der Waals surface area contributed by atoms with Crippen LogP contribution in [-0.2, 0) is 16.6 Å². The highest BCUT2D eigenvalue weighted by atomic mass is 16.1. The van der Waals surface area contributed by atoms with Gasteiger partial charge >= 0.3 is 0 Å². The average Bonchev–Trinajstić information content (AvgIpc) is 2.41. The minimum absolute atomic E-state index is 0.00649. The van der Waals surface area contributed by atoms with E-state index in [0.717, 1.165) is 22.4 Å². The van der Waals surface area contributed by atoms with E-state index in [-0.39, 0.29) is 11.3 Å². The minimum Gasteiger partial charge on any atom is -0.326 e. The first-order valence-electron chi connectivity index (χ1n) is 7.32. The van der Waals surface area contributed by atoms with E-state index in [1.807, 2.05) is 49.4 Å². The van der Waals surface area contributed by atoms with Gasteiger partial charge < -0.3 is 5.32 Å². The lowest BCUT2D eigenvalue weighted by atomic mass is 9.86. The van der Waals surface area contributed by atoms with Crippen LogP contribution < -0.4 is 5.32 Å². The van der Waals surface area contributed by atoms with Gasteiger partial charge in [0.1, 0.15) is 0 Å². The molecule has 2 rings (SSSR count). The SMILES string of the molecule is Cc1ccccc1CC(=O)Nc1ccccc1C(C)(C)C. The molecule has 0 aliphatic heterocycles. The van der Waals surface area contributed by atoms with E-state index in [4.69, 9.17) is 0 Å². The lowest BCUT2D eigenvalue weighted by Gasteiger charge is -2.23. The lowest BCUT2D eigenvalue weighted by molar-refractivity contribution is -0.115. The molecule has 0 spiro atoms. The largest absolute Gasteiger partial charge is 0.326 e. The Morgan fingerprint density at radius 1 is 1.00 bits per heavy atom. The number of anilines is 1. The number of amides is 1. The number of carbonyl (C=O) groups is 1. The predicted molar refractivity (Wildman–Crippen MR) is 88.7 cm³/mol. The van der Waals surface area contributed by atoms with Gasteiger partial charge in [0, 0.05) is 5.69 Å². The van der Waals surface area contributed by atoms with E-state index in [1.54, 1.807) is 0 Å². The zero-order valence-corrected chi connectivity index (χ0v) is 13.2. The van der Waals surface area contributed by atoms with E-state index >= 15 is 0 Å². The van der Waals surface area contributed by atoms with Crippen molar-refractivity contribution < 1.29 is 4.79 Å². The van der Waals surface area contributed by atoms with Crippen molar-refractivity contribution in [2.45, 2.75) is 39.5 Å². The van der Waals surface area contributed by atoms with Crippen LogP contribution in [-0.4, -0.2) is 5.91 Å². The van der Waals surface area contributed by atoms with Crippen molar-refractivity contribution in [1.82, 2.24) is 0 Å². The van der Waals surface area contributed by atoms with Crippen LogP contribution in [0.4, 0.5) is 5.69 Å². The van der Waals surface area contributed by atoms with Crippen molar-refractivity contribution in [3.63, 3.8) is 0 Å². The molecule has 1 N–H and O–H groups in total. The highest BCUT2D eigenvalue weighted by Crippen LogP contribution is 2.29. The van der Waals surface area contributed by atoms with Gasteiger partial charge in [-0.1, -0.05) is 63.2 Å². The molecule has 2 aromatic rings. The molecular weight excluding hydrogens is 258 g/mol. The second-order valence-electron chi connectivity index (χ2n) is 6.45. The normalized spacial score (nSPS) is 11.2. The van der Waals surface area contributed by atoms with E-state index < -0.39 is 0 Å². The molecule has 0 aromatic heterocycles. The number of aryl methyl sites for hydroxylation is 1. The maximum absolute atomic E-state index is 12.3. The summed E-state index contributed by atoms with van der Waals surface area (Å²) in [7, 11) is 0. The summed E-state index contributed by atoms with van der Waals surface area (Å²) in [6, 6.07) is 16.0. The summed E-state index contributed by atoms with van der Waals surface area (Å²) >= 11 is 0. The lowest BCUT2D eigenvalue weighted by Crippen LogP contribution is -2.20. The molecule has 0 unspecified atom stereocenters. The maximum atomic E-state index is 12.3. The molecule has 2 heteroatoms. The van der Waals surface area contributed by atoms with Gasteiger partial charge in [-0.15, -0.1) is 0 Å². The fourth-order valence-corrected chi connectivity index (χ4v) is 2.42. The van der Waals surface area contributed by atoms with E-state index in [9.17, 15) is 4.79 Å². The fourth-order valence-electron chi connectivity index (χ4n) is 2.42. The zero-order valence-electron chi connectivity index (χ0n) is 13.2. The van der Waals surface area contributed by atoms with Crippen LogP contribution in [0.3, 0.4) is 0 Å². The Hall–Kier alpha value is -2.09. The summed E-state index contributed by atoms with van der Waals surface area (Å²) < 4.78 is 0. The van der Waals surface area contributed by atoms with E-state index in [0.29, 0.717) is 6.42 Å². The first-order valence-corrected chi connectivity index (χ1v) is 7.32. The van der Waals surface area contributed by atoms with Gasteiger partial charge in [-0.3, -0.25) is 4.79 Å². The number of hydrogen-bond donors (Lipinski definition) is 1. The summed E-state index contributed by atoms with van der Waals surface area (Å²) in [6.07, 6.45) is 0.408. The van der Waals surface area contributed by atoms with Crippen LogP contribution in [0.2, 0.25) is 0 Å². The summed E-state index contributed by atoms with van der Waals surface area (Å²) in [6.45, 7) is 8.49. The molecule has 0 radical (unpaired) electrons. The van der Waals surface area contributed by atoms with E-state index in [2.05, 4.69) is 32.2 Å². The Balaban J connectivity index is 2.16. The monoisotopic (exact) mass is 281 g/mol. The smallest absolute Gasteiger partial charge is 0.228 e. The van der Waals surface area contributed by atoms with Crippen LogP contribution in [0.25, 0.3) is 0 Å². The summed E-state index contributed by atoms with van der Waals surface area (Å²) in [4.78, 5) is 12.3. The molecule has 2 nitrogen and oxygen atoms in total. The number of benzene rings is 2. The molecular formula is C19H23NO. The topological polar surface area (TPSA) is 29.1 Å². The molecule has 0 atom stereocenters. The molecule has 1 amide bonds. The third kappa shape index (κ3) is 3.94. The van der Waals surface area contributed by atoms with Crippen molar-refractivity contribution in [3.05, 3.63) is 65.2 Å². The molecule has 0 aliphatic carbocycles. The second kappa shape index (κ2) is 6.13. The van der Waals surface area contributed by atoms with Crippen LogP contribution in [0.15, 0.2) is 48.5 Å². The summed E-state index contributed by atoms with van der Waals surface area (Å²) in [5, 5.41) is 3.05. The van der Waals surface area contributed by atoms with Gasteiger partial charge in [-0.05, 0) is 35.1 Å². The van der Waals surface area contributed by atoms with Gasteiger partial charge in [-0.2, -0.15) is 0 Å². The Morgan fingerprint density at radius 3 is 2.29 bits per heavy atom. The molecule has 0 saturated heterocycles. The quantitative estimate of drug-likeness (QED) is 0.883. The fraction of sp³-hybridized carbons (Fsp3) is 0.316. The molecule has 2 aromatic carbocycles. The Morgan fingerprint density at radius 2 is 1.62 bits per heavy atom. The number of nitrogens with one attached hydrogen (secondary N) is 1. The third-order valence-corrected chi connectivity index (χ3v) is 3.62. The number of rotatable bonds is 3. The van der Waals surface area contributed by atoms with Crippen molar-refractivity contribution >= 4 is 11.6 Å². The van der Waals surface area contributed by atoms with Gasteiger partial charge in [0.2, 0.25) is 5.91 Å². The van der Waals surface area contributed by atoms with Crippen LogP contribution in [0.5, 0.6) is 0 Å². The van der Waals surface area contributed by atoms with Crippen LogP contribution in [0, 0.1) is 6.92 Å². The number of carbonyl (C=O) groups excluding carboxylic acids is 1. The first-order chi connectivity index (χ1) is 9.88. The average molecular weight is 281 g/mol. The molecule has 0 aliphatic rings. The van der Waals surface area contributed by atoms with Gasteiger partial charge in [0.25, 0.3) is 0 Å². The standard InChI is InChI=1S/C19H23NO/c1-14-9-5-6-10-15(14)13-18(21)20-17-12-8-7-11-16(17)19(2,3)4/h5-12H,13H2,1-4H3,(H,20,21). The van der Waals surface area contributed by atoms with Crippen molar-refractivity contribution in [3.8, 4) is 0 Å². The summed E-state index contributed by atoms with van der Waals surface area (Å²) in [5.74, 6) is 0.0287. The first kappa shape index (κ1) is 15.3. The van der Waals surface area contributed by atoms with Gasteiger partial charge in [0.05, 0.1) is 6.42 Å². The number of hydrogen-bond acceptors (Lipinski definition) is 1. The summed E-state index contributed by atoms with van der Waals surface area (Å²) in [5.41, 5.74) is 4.29. The Bertz CT molecular complexity index is 638. The predicted octanol–water partition coefficient (Wildman–Crippen LogP) is 4.47. The maximum Gasteiger partial charge on any atom is 0.228 e. The molecule has 0 heterocycles. The Labute approximate surface area is 127 Å². The molecule has 21 heavy (non-hydrogen) atoms. The molecule has 110 valence electrons. The van der Waals surface area contributed by atoms with Gasteiger partial charge in [0.15, 0.2) is 0 Å². The van der Waals surface area contributed by atoms with Crippen LogP contribution in [0.1, 0.15) is 37.5 Å². The second-order valence-corrected chi connectivity index (χ2v) is 6.45. The minimum atomic E-state index is 0.00649. The van der Waals surface area contributed by atoms with Crippen molar-refractivity contribution in [1.29, 1.82) is 0 Å². The highest BCUT2D eigenvalue weighted by molar-refractivity contribution is 5.93. The van der Waals surface area contributed by atoms with Crippen LogP contribution >= 0.6 is 0 Å². The zero-order chi connectivity index (χ0) is 15.5. The molecule has 0 saturated carbocycles. The molecule has 0 bridgehead atoms.